The van der Waals surface area contributed by atoms with Crippen LogP contribution in [0.25, 0.3) is 0 Å². The van der Waals surface area contributed by atoms with Gasteiger partial charge in [-0.25, -0.2) is 9.97 Å². The van der Waals surface area contributed by atoms with Crippen molar-refractivity contribution in [1.82, 2.24) is 15.3 Å². The molecule has 2 amide bonds. The zero-order valence-corrected chi connectivity index (χ0v) is 14.2. The van der Waals surface area contributed by atoms with Crippen LogP contribution in [0.4, 0.5) is 17.2 Å². The summed E-state index contributed by atoms with van der Waals surface area (Å²) in [5.74, 6) is 0.126. The van der Waals surface area contributed by atoms with Gasteiger partial charge in [-0.1, -0.05) is 0 Å². The summed E-state index contributed by atoms with van der Waals surface area (Å²) in [7, 11) is 1.62. The molecule has 25 heavy (non-hydrogen) atoms. The molecule has 0 aliphatic heterocycles. The lowest BCUT2D eigenvalue weighted by atomic mass is 10.2. The molecular weight excluding hydrogens is 322 g/mol. The fourth-order valence-electron chi connectivity index (χ4n) is 2.01. The van der Waals surface area contributed by atoms with Crippen molar-refractivity contribution in [3.05, 3.63) is 42.4 Å². The van der Waals surface area contributed by atoms with Gasteiger partial charge in [0.15, 0.2) is 0 Å². The lowest BCUT2D eigenvalue weighted by Gasteiger charge is -2.08. The number of ether oxygens (including phenoxy) is 1. The van der Waals surface area contributed by atoms with Gasteiger partial charge in [0.2, 0.25) is 5.91 Å². The molecule has 0 atom stereocenters. The second-order valence-electron chi connectivity index (χ2n) is 5.27. The highest BCUT2D eigenvalue weighted by molar-refractivity contribution is 5.92. The van der Waals surface area contributed by atoms with Crippen molar-refractivity contribution < 1.29 is 14.3 Å². The molecule has 0 fully saturated rings. The van der Waals surface area contributed by atoms with Crippen molar-refractivity contribution in [1.29, 1.82) is 0 Å². The summed E-state index contributed by atoms with van der Waals surface area (Å²) in [6.45, 7) is 2.57. The maximum absolute atomic E-state index is 11.9. The fraction of sp³-hybridized carbons (Fsp3) is 0.294. The Bertz CT molecular complexity index is 701. The van der Waals surface area contributed by atoms with Crippen LogP contribution in [0.5, 0.6) is 0 Å². The first-order chi connectivity index (χ1) is 12.1. The quantitative estimate of drug-likeness (QED) is 0.633. The van der Waals surface area contributed by atoms with Crippen LogP contribution >= 0.6 is 0 Å². The standard InChI is InChI=1S/C17H21N5O3/c1-12(23)21-13-4-6-14(7-5-13)22-16-11-19-15(10-20-16)17(24)18-8-3-9-25-2/h4-7,10-11H,3,8-9H2,1-2H3,(H,18,24)(H,20,22)(H,21,23). The number of aromatic nitrogens is 2. The van der Waals surface area contributed by atoms with E-state index in [0.717, 1.165) is 12.1 Å². The van der Waals surface area contributed by atoms with Gasteiger partial charge in [-0.15, -0.1) is 0 Å². The largest absolute Gasteiger partial charge is 0.385 e. The predicted molar refractivity (Wildman–Crippen MR) is 94.9 cm³/mol. The zero-order valence-electron chi connectivity index (χ0n) is 14.2. The Balaban J connectivity index is 1.89. The zero-order chi connectivity index (χ0) is 18.1. The molecule has 0 aliphatic carbocycles. The van der Waals surface area contributed by atoms with Crippen molar-refractivity contribution in [2.24, 2.45) is 0 Å². The van der Waals surface area contributed by atoms with E-state index in [0.29, 0.717) is 24.7 Å². The Kier molecular flexibility index (Phi) is 6.85. The van der Waals surface area contributed by atoms with Crippen LogP contribution in [0.2, 0.25) is 0 Å². The highest BCUT2D eigenvalue weighted by atomic mass is 16.5. The van der Waals surface area contributed by atoms with Gasteiger partial charge in [0.25, 0.3) is 5.91 Å². The van der Waals surface area contributed by atoms with Crippen LogP contribution in [0, 0.1) is 0 Å². The lowest BCUT2D eigenvalue weighted by molar-refractivity contribution is -0.114. The molecule has 1 aromatic carbocycles. The van der Waals surface area contributed by atoms with E-state index in [1.165, 1.54) is 19.3 Å². The molecule has 132 valence electrons. The van der Waals surface area contributed by atoms with Crippen molar-refractivity contribution in [2.75, 3.05) is 30.9 Å². The topological polar surface area (TPSA) is 105 Å². The Morgan fingerprint density at radius 1 is 1.08 bits per heavy atom. The number of carbonyl (C=O) groups is 2. The minimum atomic E-state index is -0.269. The molecule has 0 aliphatic rings. The van der Waals surface area contributed by atoms with E-state index in [4.69, 9.17) is 4.74 Å². The minimum absolute atomic E-state index is 0.123. The highest BCUT2D eigenvalue weighted by Crippen LogP contribution is 2.17. The summed E-state index contributed by atoms with van der Waals surface area (Å²) in [5, 5.41) is 8.52. The second kappa shape index (κ2) is 9.33. The molecule has 0 saturated heterocycles. The summed E-state index contributed by atoms with van der Waals surface area (Å²) in [6, 6.07) is 7.17. The molecule has 1 aromatic heterocycles. The first kappa shape index (κ1) is 18.3. The SMILES string of the molecule is COCCCNC(=O)c1cnc(Nc2ccc(NC(C)=O)cc2)cn1. The van der Waals surface area contributed by atoms with E-state index < -0.39 is 0 Å². The maximum Gasteiger partial charge on any atom is 0.271 e. The van der Waals surface area contributed by atoms with E-state index in [1.807, 2.05) is 12.1 Å². The van der Waals surface area contributed by atoms with Gasteiger partial charge in [-0.3, -0.25) is 9.59 Å². The number of benzene rings is 1. The molecular formula is C17H21N5O3. The highest BCUT2D eigenvalue weighted by Gasteiger charge is 2.07. The number of amides is 2. The molecule has 3 N–H and O–H groups in total. The van der Waals surface area contributed by atoms with Gasteiger partial charge in [0, 0.05) is 38.6 Å². The number of hydrogen-bond donors (Lipinski definition) is 3. The van der Waals surface area contributed by atoms with Gasteiger partial charge < -0.3 is 20.7 Å². The minimum Gasteiger partial charge on any atom is -0.385 e. The maximum atomic E-state index is 11.9. The van der Waals surface area contributed by atoms with Crippen LogP contribution in [0.15, 0.2) is 36.7 Å². The number of methoxy groups -OCH3 is 1. The molecule has 0 saturated carbocycles. The number of carbonyl (C=O) groups excluding carboxylic acids is 2. The Morgan fingerprint density at radius 2 is 1.80 bits per heavy atom. The van der Waals surface area contributed by atoms with Crippen molar-refractivity contribution in [2.45, 2.75) is 13.3 Å². The van der Waals surface area contributed by atoms with Crippen molar-refractivity contribution >= 4 is 29.0 Å². The molecule has 8 nitrogen and oxygen atoms in total. The first-order valence-electron chi connectivity index (χ1n) is 7.82. The first-order valence-corrected chi connectivity index (χ1v) is 7.82. The summed E-state index contributed by atoms with van der Waals surface area (Å²) >= 11 is 0. The third-order valence-corrected chi connectivity index (χ3v) is 3.17. The molecule has 1 heterocycles. The molecule has 0 unspecified atom stereocenters. The Labute approximate surface area is 146 Å². The van der Waals surface area contributed by atoms with E-state index in [9.17, 15) is 9.59 Å². The third kappa shape index (κ3) is 6.19. The number of nitrogens with one attached hydrogen (secondary N) is 3. The average Bonchev–Trinajstić information content (AvgIpc) is 2.60. The van der Waals surface area contributed by atoms with Gasteiger partial charge in [-0.05, 0) is 30.7 Å². The second-order valence-corrected chi connectivity index (χ2v) is 5.27. The van der Waals surface area contributed by atoms with Crippen LogP contribution in [0.3, 0.4) is 0 Å². The number of anilines is 3. The van der Waals surface area contributed by atoms with Gasteiger partial charge in [-0.2, -0.15) is 0 Å². The van der Waals surface area contributed by atoms with E-state index >= 15 is 0 Å². The van der Waals surface area contributed by atoms with Crippen LogP contribution < -0.4 is 16.0 Å². The summed E-state index contributed by atoms with van der Waals surface area (Å²) in [4.78, 5) is 31.2. The molecule has 0 bridgehead atoms. The fourth-order valence-corrected chi connectivity index (χ4v) is 2.01. The normalized spacial score (nSPS) is 10.2. The summed E-state index contributed by atoms with van der Waals surface area (Å²) in [6.07, 6.45) is 3.65. The summed E-state index contributed by atoms with van der Waals surface area (Å²) < 4.78 is 4.92. The molecule has 8 heteroatoms. The van der Waals surface area contributed by atoms with Gasteiger partial charge in [0.05, 0.1) is 12.4 Å². The van der Waals surface area contributed by atoms with E-state index in [1.54, 1.807) is 19.2 Å². The monoisotopic (exact) mass is 343 g/mol. The number of rotatable bonds is 8. The molecule has 2 rings (SSSR count). The molecule has 0 spiro atoms. The van der Waals surface area contributed by atoms with Crippen LogP contribution in [0.1, 0.15) is 23.8 Å². The van der Waals surface area contributed by atoms with E-state index in [-0.39, 0.29) is 17.5 Å². The van der Waals surface area contributed by atoms with Gasteiger partial charge >= 0.3 is 0 Å². The third-order valence-electron chi connectivity index (χ3n) is 3.17. The van der Waals surface area contributed by atoms with Crippen LogP contribution in [-0.4, -0.2) is 42.0 Å². The van der Waals surface area contributed by atoms with Gasteiger partial charge in [0.1, 0.15) is 11.5 Å². The number of nitrogens with zero attached hydrogens (tertiary/aromatic N) is 2. The molecule has 0 radical (unpaired) electrons. The Hall–Kier alpha value is -3.00. The van der Waals surface area contributed by atoms with Crippen molar-refractivity contribution in [3.8, 4) is 0 Å². The average molecular weight is 343 g/mol. The summed E-state index contributed by atoms with van der Waals surface area (Å²) in [5.41, 5.74) is 1.76. The smallest absolute Gasteiger partial charge is 0.271 e. The predicted octanol–water partition coefficient (Wildman–Crippen LogP) is 1.94. The Morgan fingerprint density at radius 3 is 2.40 bits per heavy atom. The van der Waals surface area contributed by atoms with E-state index in [2.05, 4.69) is 25.9 Å². The lowest BCUT2D eigenvalue weighted by Crippen LogP contribution is -2.26. The van der Waals surface area contributed by atoms with Crippen molar-refractivity contribution in [3.63, 3.8) is 0 Å². The van der Waals surface area contributed by atoms with Crippen LogP contribution in [-0.2, 0) is 9.53 Å². The molecule has 2 aromatic rings. The number of hydrogen-bond acceptors (Lipinski definition) is 6.